The van der Waals surface area contributed by atoms with Gasteiger partial charge in [-0.05, 0) is 98.7 Å². The summed E-state index contributed by atoms with van der Waals surface area (Å²) in [6.07, 6.45) is 9.16. The normalized spacial score (nSPS) is 62.3. The van der Waals surface area contributed by atoms with Crippen LogP contribution in [0.2, 0.25) is 0 Å². The Morgan fingerprint density at radius 2 is 1.57 bits per heavy atom. The first-order valence-corrected chi connectivity index (χ1v) is 10.1. The van der Waals surface area contributed by atoms with Crippen LogP contribution in [0.25, 0.3) is 0 Å². The second kappa shape index (κ2) is 4.97. The Morgan fingerprint density at radius 1 is 0.870 bits per heavy atom. The van der Waals surface area contributed by atoms with Gasteiger partial charge < -0.3 is 10.2 Å². The largest absolute Gasteiger partial charge is 0.393 e. The van der Waals surface area contributed by atoms with Crippen LogP contribution in [0.5, 0.6) is 0 Å². The highest BCUT2D eigenvalue weighted by Gasteiger charge is 2.62. The summed E-state index contributed by atoms with van der Waals surface area (Å²) in [5.74, 6) is 3.79. The van der Waals surface area contributed by atoms with Crippen LogP contribution in [-0.2, 0) is 0 Å². The minimum Gasteiger partial charge on any atom is -0.393 e. The lowest BCUT2D eigenvalue weighted by Crippen LogP contribution is -2.58. The highest BCUT2D eigenvalue weighted by molar-refractivity contribution is 5.11. The molecule has 9 atom stereocenters. The van der Waals surface area contributed by atoms with Crippen LogP contribution in [0.15, 0.2) is 0 Å². The first-order chi connectivity index (χ1) is 10.7. The molecule has 0 aromatic carbocycles. The Kier molecular flexibility index (Phi) is 3.54. The third-order valence-electron chi connectivity index (χ3n) is 9.26. The number of hydrogen-bond donors (Lipinski definition) is 2. The van der Waals surface area contributed by atoms with Crippen molar-refractivity contribution in [3.05, 3.63) is 0 Å². The summed E-state index contributed by atoms with van der Waals surface area (Å²) >= 11 is 0. The van der Waals surface area contributed by atoms with Crippen LogP contribution in [0.3, 0.4) is 0 Å². The molecular weight excluding hydrogens is 284 g/mol. The molecule has 2 heteroatoms. The molecule has 0 amide bonds. The molecule has 23 heavy (non-hydrogen) atoms. The quantitative estimate of drug-likeness (QED) is 0.695. The third-order valence-corrected chi connectivity index (χ3v) is 9.26. The summed E-state index contributed by atoms with van der Waals surface area (Å²) < 4.78 is 0. The number of aliphatic hydroxyl groups is 2. The number of rotatable bonds is 0. The number of hydrogen-bond acceptors (Lipinski definition) is 2. The van der Waals surface area contributed by atoms with Gasteiger partial charge in [0.25, 0.3) is 0 Å². The van der Waals surface area contributed by atoms with Gasteiger partial charge in [0.1, 0.15) is 0 Å². The fourth-order valence-corrected chi connectivity index (χ4v) is 7.79. The smallest absolute Gasteiger partial charge is 0.0622 e. The maximum absolute atomic E-state index is 10.6. The zero-order valence-corrected chi connectivity index (χ0v) is 15.5. The molecule has 0 heterocycles. The maximum atomic E-state index is 10.6. The van der Waals surface area contributed by atoms with Gasteiger partial charge in [-0.2, -0.15) is 0 Å². The lowest BCUT2D eigenvalue weighted by atomic mass is 9.42. The molecule has 0 saturated heterocycles. The van der Waals surface area contributed by atoms with Gasteiger partial charge in [0.15, 0.2) is 0 Å². The Bertz CT molecular complexity index is 486. The Balaban J connectivity index is 1.67. The number of fused-ring (bicyclic) bond motifs is 5. The van der Waals surface area contributed by atoms with Crippen molar-refractivity contribution in [3.63, 3.8) is 0 Å². The fraction of sp³-hybridized carbons (Fsp3) is 1.00. The lowest BCUT2D eigenvalue weighted by Gasteiger charge is -2.63. The molecule has 0 aliphatic heterocycles. The van der Waals surface area contributed by atoms with Gasteiger partial charge in [-0.1, -0.05) is 20.8 Å². The Hall–Kier alpha value is -0.0800. The molecule has 4 fully saturated rings. The average Bonchev–Trinajstić information content (AvgIpc) is 2.77. The van der Waals surface area contributed by atoms with Crippen molar-refractivity contribution < 1.29 is 10.2 Å². The lowest BCUT2D eigenvalue weighted by molar-refractivity contribution is -0.168. The Labute approximate surface area is 142 Å². The van der Waals surface area contributed by atoms with E-state index < -0.39 is 5.60 Å². The van der Waals surface area contributed by atoms with Crippen molar-refractivity contribution in [3.8, 4) is 0 Å². The minimum absolute atomic E-state index is 0.0710. The number of aliphatic hydroxyl groups excluding tert-OH is 1. The molecule has 132 valence electrons. The predicted octanol–water partition coefficient (Wildman–Crippen LogP) is 4.39. The van der Waals surface area contributed by atoms with Gasteiger partial charge in [-0.3, -0.25) is 0 Å². The summed E-state index contributed by atoms with van der Waals surface area (Å²) in [6.45, 7) is 9.44. The first-order valence-electron chi connectivity index (χ1n) is 10.1. The van der Waals surface area contributed by atoms with E-state index in [1.807, 2.05) is 0 Å². The van der Waals surface area contributed by atoms with Gasteiger partial charge in [0, 0.05) is 0 Å². The highest BCUT2D eigenvalue weighted by Crippen LogP contribution is 2.68. The minimum atomic E-state index is -0.441. The fourth-order valence-electron chi connectivity index (χ4n) is 7.79. The van der Waals surface area contributed by atoms with Gasteiger partial charge in [-0.25, -0.2) is 0 Å². The molecule has 2 nitrogen and oxygen atoms in total. The second-order valence-corrected chi connectivity index (χ2v) is 10.5. The molecule has 0 aromatic rings. The zero-order valence-electron chi connectivity index (χ0n) is 15.5. The van der Waals surface area contributed by atoms with E-state index in [1.54, 1.807) is 0 Å². The van der Waals surface area contributed by atoms with Crippen LogP contribution in [0, 0.1) is 40.4 Å². The van der Waals surface area contributed by atoms with E-state index in [4.69, 9.17) is 0 Å². The van der Waals surface area contributed by atoms with Crippen LogP contribution in [-0.4, -0.2) is 21.9 Å². The summed E-state index contributed by atoms with van der Waals surface area (Å²) in [5.41, 5.74) is 0.163. The van der Waals surface area contributed by atoms with Crippen molar-refractivity contribution >= 4 is 0 Å². The zero-order chi connectivity index (χ0) is 16.6. The molecule has 4 aliphatic rings. The van der Waals surface area contributed by atoms with Gasteiger partial charge >= 0.3 is 0 Å². The van der Waals surface area contributed by atoms with Crippen LogP contribution < -0.4 is 0 Å². The van der Waals surface area contributed by atoms with E-state index in [0.29, 0.717) is 11.3 Å². The second-order valence-electron chi connectivity index (χ2n) is 10.5. The average molecular weight is 321 g/mol. The van der Waals surface area contributed by atoms with Crippen molar-refractivity contribution in [2.24, 2.45) is 40.4 Å². The van der Waals surface area contributed by atoms with Crippen molar-refractivity contribution in [2.75, 3.05) is 0 Å². The van der Waals surface area contributed by atoms with Crippen molar-refractivity contribution in [1.29, 1.82) is 0 Å². The molecule has 4 aliphatic carbocycles. The summed E-state index contributed by atoms with van der Waals surface area (Å²) in [6, 6.07) is 0. The molecule has 2 N–H and O–H groups in total. The molecule has 4 saturated carbocycles. The summed E-state index contributed by atoms with van der Waals surface area (Å²) in [5, 5.41) is 21.2. The van der Waals surface area contributed by atoms with Gasteiger partial charge in [-0.15, -0.1) is 0 Å². The molecule has 0 spiro atoms. The van der Waals surface area contributed by atoms with Crippen LogP contribution in [0.4, 0.5) is 0 Å². The summed E-state index contributed by atoms with van der Waals surface area (Å²) in [7, 11) is 0. The van der Waals surface area contributed by atoms with E-state index in [2.05, 4.69) is 27.7 Å². The van der Waals surface area contributed by atoms with Crippen LogP contribution in [0.1, 0.15) is 79.1 Å². The predicted molar refractivity (Wildman–Crippen MR) is 92.9 cm³/mol. The van der Waals surface area contributed by atoms with Crippen molar-refractivity contribution in [1.82, 2.24) is 0 Å². The SMILES string of the molecule is C[C@@H]1C[C@H]2C[C@](C)(O)CC[C@]2(C)[C@H]2CC[C@]3(C)[C@@H](O)CC[C@H]3[C@H]12. The molecule has 0 aromatic heterocycles. The monoisotopic (exact) mass is 320 g/mol. The third kappa shape index (κ3) is 2.20. The van der Waals surface area contributed by atoms with E-state index in [-0.39, 0.29) is 11.5 Å². The first kappa shape index (κ1) is 16.4. The van der Waals surface area contributed by atoms with E-state index in [0.717, 1.165) is 42.9 Å². The van der Waals surface area contributed by atoms with E-state index >= 15 is 0 Å². The Morgan fingerprint density at radius 3 is 2.30 bits per heavy atom. The van der Waals surface area contributed by atoms with Gasteiger partial charge in [0.2, 0.25) is 0 Å². The standard InChI is InChI=1S/C21H36O2/c1-13-11-14-12-19(2,23)9-10-20(14,3)16-7-8-21(4)15(18(13)16)5-6-17(21)22/h13-18,22-23H,5-12H2,1-4H3/t13-,14+,15+,16+,17+,18+,19-,20+,21+/m1/s1. The molecule has 0 bridgehead atoms. The highest BCUT2D eigenvalue weighted by atomic mass is 16.3. The van der Waals surface area contributed by atoms with E-state index in [1.165, 1.54) is 32.1 Å². The van der Waals surface area contributed by atoms with Gasteiger partial charge in [0.05, 0.1) is 11.7 Å². The van der Waals surface area contributed by atoms with Crippen LogP contribution >= 0.6 is 0 Å². The summed E-state index contributed by atoms with van der Waals surface area (Å²) in [4.78, 5) is 0. The molecule has 0 unspecified atom stereocenters. The van der Waals surface area contributed by atoms with E-state index in [9.17, 15) is 10.2 Å². The van der Waals surface area contributed by atoms with Crippen molar-refractivity contribution in [2.45, 2.75) is 90.8 Å². The molecule has 0 radical (unpaired) electrons. The molecule has 4 rings (SSSR count). The maximum Gasteiger partial charge on any atom is 0.0622 e. The molecular formula is C21H36O2. The topological polar surface area (TPSA) is 40.5 Å².